The largest absolute Gasteiger partial charge is 0.333 e. The Kier molecular flexibility index (Phi) is 7.25. The molecule has 1 atom stereocenters. The van der Waals surface area contributed by atoms with Crippen molar-refractivity contribution in [1.82, 2.24) is 19.8 Å². The van der Waals surface area contributed by atoms with Gasteiger partial charge in [-0.15, -0.1) is 0 Å². The first-order valence-electron chi connectivity index (χ1n) is 11.7. The Morgan fingerprint density at radius 1 is 1.06 bits per heavy atom. The lowest BCUT2D eigenvalue weighted by Gasteiger charge is -2.34. The molecule has 0 saturated carbocycles. The van der Waals surface area contributed by atoms with Crippen LogP contribution in [0.25, 0.3) is 16.6 Å². The van der Waals surface area contributed by atoms with E-state index in [1.54, 1.807) is 15.5 Å². The Morgan fingerprint density at radius 2 is 1.70 bits per heavy atom. The van der Waals surface area contributed by atoms with Crippen molar-refractivity contribution in [3.63, 3.8) is 0 Å². The number of amides is 2. The predicted octanol–water partition coefficient (Wildman–Crippen LogP) is 5.61. The number of carbonyl (C=O) groups excluding carboxylic acids is 1. The average Bonchev–Trinajstić information content (AvgIpc) is 2.73. The van der Waals surface area contributed by atoms with Gasteiger partial charge < -0.3 is 10.2 Å². The number of hydrogen-bond acceptors (Lipinski definition) is 3. The number of nitrogens with one attached hydrogen (secondary N) is 1. The third kappa shape index (κ3) is 5.62. The summed E-state index contributed by atoms with van der Waals surface area (Å²) in [5.74, 6) is 0.992. The molecule has 2 amide bonds. The maximum Gasteiger partial charge on any atom is 0.318 e. The summed E-state index contributed by atoms with van der Waals surface area (Å²) in [5, 5.41) is 3.65. The number of aryl methyl sites for hydroxylation is 1. The smallest absolute Gasteiger partial charge is 0.318 e. The van der Waals surface area contributed by atoms with Crippen LogP contribution in [0.15, 0.2) is 53.3 Å². The summed E-state index contributed by atoms with van der Waals surface area (Å²) in [6.45, 7) is 14.7. The van der Waals surface area contributed by atoms with E-state index in [-0.39, 0.29) is 17.1 Å². The number of fused-ring (bicyclic) bond motifs is 1. The normalized spacial score (nSPS) is 12.7. The van der Waals surface area contributed by atoms with Crippen LogP contribution in [0, 0.1) is 12.8 Å². The van der Waals surface area contributed by atoms with E-state index in [0.29, 0.717) is 29.2 Å². The van der Waals surface area contributed by atoms with Crippen molar-refractivity contribution in [2.24, 2.45) is 5.92 Å². The summed E-state index contributed by atoms with van der Waals surface area (Å²) >= 11 is 0. The Bertz CT molecular complexity index is 1190. The van der Waals surface area contributed by atoms with Crippen LogP contribution in [0.2, 0.25) is 0 Å². The van der Waals surface area contributed by atoms with Crippen LogP contribution < -0.4 is 10.9 Å². The Hall–Kier alpha value is -3.15. The van der Waals surface area contributed by atoms with Crippen LogP contribution in [0.5, 0.6) is 0 Å². The van der Waals surface area contributed by atoms with E-state index >= 15 is 0 Å². The van der Waals surface area contributed by atoms with Crippen LogP contribution >= 0.6 is 0 Å². The van der Waals surface area contributed by atoms with Gasteiger partial charge in [0.1, 0.15) is 5.82 Å². The number of benzene rings is 2. The van der Waals surface area contributed by atoms with Gasteiger partial charge in [0.15, 0.2) is 0 Å². The molecule has 1 N–H and O–H groups in total. The van der Waals surface area contributed by atoms with Crippen LogP contribution in [0.4, 0.5) is 4.79 Å². The highest BCUT2D eigenvalue weighted by molar-refractivity contribution is 5.78. The maximum absolute atomic E-state index is 13.7. The van der Waals surface area contributed by atoms with Gasteiger partial charge >= 0.3 is 6.03 Å². The van der Waals surface area contributed by atoms with Crippen molar-refractivity contribution in [2.75, 3.05) is 6.54 Å². The molecule has 0 saturated heterocycles. The van der Waals surface area contributed by atoms with Gasteiger partial charge in [-0.3, -0.25) is 9.36 Å². The molecular weight excluding hydrogens is 412 g/mol. The fourth-order valence-corrected chi connectivity index (χ4v) is 3.88. The quantitative estimate of drug-likeness (QED) is 0.533. The second-order valence-corrected chi connectivity index (χ2v) is 10.1. The lowest BCUT2D eigenvalue weighted by molar-refractivity contribution is 0.163. The molecule has 6 heteroatoms. The summed E-state index contributed by atoms with van der Waals surface area (Å²) < 4.78 is 1.68. The molecule has 6 nitrogen and oxygen atoms in total. The van der Waals surface area contributed by atoms with Crippen LogP contribution in [-0.4, -0.2) is 32.6 Å². The molecule has 0 aliphatic heterocycles. The third-order valence-corrected chi connectivity index (χ3v) is 5.69. The minimum absolute atomic E-state index is 0.128. The zero-order valence-corrected chi connectivity index (χ0v) is 20.8. The van der Waals surface area contributed by atoms with Gasteiger partial charge in [0, 0.05) is 12.1 Å². The lowest BCUT2D eigenvalue weighted by Crippen LogP contribution is -2.50. The highest BCUT2D eigenvalue weighted by atomic mass is 16.2. The zero-order valence-electron chi connectivity index (χ0n) is 20.8. The van der Waals surface area contributed by atoms with Gasteiger partial charge in [-0.1, -0.05) is 44.2 Å². The minimum Gasteiger partial charge on any atom is -0.333 e. The molecule has 33 heavy (non-hydrogen) atoms. The number of para-hydroxylation sites is 2. The molecule has 0 aliphatic carbocycles. The summed E-state index contributed by atoms with van der Waals surface area (Å²) in [6, 6.07) is 14.6. The van der Waals surface area contributed by atoms with Crippen molar-refractivity contribution in [1.29, 1.82) is 0 Å². The van der Waals surface area contributed by atoms with Crippen LogP contribution in [0.1, 0.15) is 65.4 Å². The highest BCUT2D eigenvalue weighted by Gasteiger charge is 2.29. The topological polar surface area (TPSA) is 67.2 Å². The van der Waals surface area contributed by atoms with Gasteiger partial charge in [0.05, 0.1) is 22.6 Å². The first-order chi connectivity index (χ1) is 15.5. The van der Waals surface area contributed by atoms with Gasteiger partial charge in [0.25, 0.3) is 5.56 Å². The van der Waals surface area contributed by atoms with Crippen molar-refractivity contribution in [3.8, 4) is 5.69 Å². The highest BCUT2D eigenvalue weighted by Crippen LogP contribution is 2.25. The fraction of sp³-hybridized carbons (Fsp3) is 0.444. The average molecular weight is 449 g/mol. The molecular formula is C27H36N4O2. The number of urea groups is 1. The Morgan fingerprint density at radius 3 is 2.33 bits per heavy atom. The summed E-state index contributed by atoms with van der Waals surface area (Å²) in [5.41, 5.74) is 1.88. The van der Waals surface area contributed by atoms with Gasteiger partial charge in [-0.2, -0.15) is 0 Å². The van der Waals surface area contributed by atoms with E-state index in [0.717, 1.165) is 17.7 Å². The van der Waals surface area contributed by atoms with Crippen molar-refractivity contribution >= 4 is 16.9 Å². The van der Waals surface area contributed by atoms with E-state index in [4.69, 9.17) is 4.98 Å². The number of nitrogens with zero attached hydrogens (tertiary/aromatic N) is 3. The molecule has 1 heterocycles. The SMILES string of the molecule is Cc1ccccc1-n1c(C(C)N(CCC(C)C)C(=O)NC(C)(C)C)nc2ccccc2c1=O. The summed E-state index contributed by atoms with van der Waals surface area (Å²) in [6.07, 6.45) is 0.851. The molecule has 0 bridgehead atoms. The summed E-state index contributed by atoms with van der Waals surface area (Å²) in [4.78, 5) is 33.8. The molecule has 0 radical (unpaired) electrons. The Balaban J connectivity index is 2.22. The molecule has 0 aliphatic rings. The van der Waals surface area contributed by atoms with Gasteiger partial charge in [-0.05, 0) is 70.7 Å². The van der Waals surface area contributed by atoms with E-state index in [1.165, 1.54) is 0 Å². The first kappa shape index (κ1) is 24.5. The second-order valence-electron chi connectivity index (χ2n) is 10.1. The van der Waals surface area contributed by atoms with Gasteiger partial charge in [-0.25, -0.2) is 9.78 Å². The molecule has 0 spiro atoms. The minimum atomic E-state index is -0.414. The molecule has 2 aromatic carbocycles. The standard InChI is InChI=1S/C27H36N4O2/c1-18(2)16-17-30(26(33)29-27(5,6)7)20(4)24-28-22-14-10-9-13-21(22)25(32)31(24)23-15-11-8-12-19(23)3/h8-15,18,20H,16-17H2,1-7H3,(H,29,33). The number of rotatable bonds is 6. The summed E-state index contributed by atoms with van der Waals surface area (Å²) in [7, 11) is 0. The van der Waals surface area contributed by atoms with Crippen LogP contribution in [0.3, 0.4) is 0 Å². The van der Waals surface area contributed by atoms with Crippen molar-refractivity contribution in [2.45, 2.75) is 66.5 Å². The number of carbonyl (C=O) groups is 1. The molecule has 3 rings (SSSR count). The van der Waals surface area contributed by atoms with E-state index < -0.39 is 6.04 Å². The monoisotopic (exact) mass is 448 g/mol. The second kappa shape index (κ2) is 9.77. The molecule has 176 valence electrons. The third-order valence-electron chi connectivity index (χ3n) is 5.69. The molecule has 0 fully saturated rings. The zero-order chi connectivity index (χ0) is 24.3. The first-order valence-corrected chi connectivity index (χ1v) is 11.7. The molecule has 1 unspecified atom stereocenters. The number of hydrogen-bond donors (Lipinski definition) is 1. The van der Waals surface area contributed by atoms with Crippen LogP contribution in [-0.2, 0) is 0 Å². The molecule has 3 aromatic rings. The predicted molar refractivity (Wildman–Crippen MR) is 135 cm³/mol. The lowest BCUT2D eigenvalue weighted by atomic mass is 10.1. The Labute approximate surface area is 196 Å². The van der Waals surface area contributed by atoms with Crippen molar-refractivity contribution in [3.05, 3.63) is 70.3 Å². The van der Waals surface area contributed by atoms with E-state index in [9.17, 15) is 9.59 Å². The maximum atomic E-state index is 13.7. The van der Waals surface area contributed by atoms with E-state index in [2.05, 4.69) is 19.2 Å². The van der Waals surface area contributed by atoms with E-state index in [1.807, 2.05) is 77.1 Å². The fourth-order valence-electron chi connectivity index (χ4n) is 3.88. The van der Waals surface area contributed by atoms with Gasteiger partial charge in [0.2, 0.25) is 0 Å². The molecule has 1 aromatic heterocycles. The number of aromatic nitrogens is 2. The van der Waals surface area contributed by atoms with Crippen molar-refractivity contribution < 1.29 is 4.79 Å².